The third-order valence-electron chi connectivity index (χ3n) is 1.04. The van der Waals surface area contributed by atoms with Gasteiger partial charge in [0.1, 0.15) is 5.82 Å². The van der Waals surface area contributed by atoms with Crippen LogP contribution in [0.4, 0.5) is 0 Å². The molecule has 0 spiro atoms. The molecule has 4 heteroatoms. The smallest absolute Gasteiger partial charge is 0.155 e. The molecule has 1 rings (SSSR count). The van der Waals surface area contributed by atoms with E-state index in [1.165, 1.54) is 0 Å². The van der Waals surface area contributed by atoms with Gasteiger partial charge in [0.15, 0.2) is 5.75 Å². The van der Waals surface area contributed by atoms with Crippen molar-refractivity contribution in [3.8, 4) is 5.75 Å². The van der Waals surface area contributed by atoms with Gasteiger partial charge in [-0.15, -0.1) is 11.6 Å². The van der Waals surface area contributed by atoms with Crippen molar-refractivity contribution in [3.63, 3.8) is 0 Å². The van der Waals surface area contributed by atoms with Crippen molar-refractivity contribution < 1.29 is 4.74 Å². The third kappa shape index (κ3) is 1.57. The van der Waals surface area contributed by atoms with E-state index in [4.69, 9.17) is 16.3 Å². The first kappa shape index (κ1) is 7.28. The van der Waals surface area contributed by atoms with Gasteiger partial charge in [-0.25, -0.2) is 9.97 Å². The van der Waals surface area contributed by atoms with E-state index in [9.17, 15) is 0 Å². The molecule has 0 radical (unpaired) electrons. The first-order valence-corrected chi connectivity index (χ1v) is 3.31. The van der Waals surface area contributed by atoms with Crippen molar-refractivity contribution in [2.24, 2.45) is 0 Å². The van der Waals surface area contributed by atoms with Crippen LogP contribution >= 0.6 is 11.6 Å². The molecule has 0 aromatic carbocycles. The van der Waals surface area contributed by atoms with Crippen LogP contribution in [0.1, 0.15) is 5.82 Å². The van der Waals surface area contributed by atoms with Gasteiger partial charge in [-0.3, -0.25) is 0 Å². The molecule has 0 aliphatic heterocycles. The predicted molar refractivity (Wildman–Crippen MR) is 38.1 cm³/mol. The van der Waals surface area contributed by atoms with Crippen LogP contribution < -0.4 is 4.74 Å². The third-order valence-corrected chi connectivity index (χ3v) is 1.28. The van der Waals surface area contributed by atoms with Crippen molar-refractivity contribution in [1.82, 2.24) is 9.97 Å². The van der Waals surface area contributed by atoms with Gasteiger partial charge >= 0.3 is 0 Å². The van der Waals surface area contributed by atoms with Crippen LogP contribution in [0.25, 0.3) is 0 Å². The zero-order chi connectivity index (χ0) is 7.40. The Labute approximate surface area is 64.0 Å². The van der Waals surface area contributed by atoms with E-state index in [2.05, 4.69) is 9.97 Å². The number of ether oxygens (including phenoxy) is 1. The van der Waals surface area contributed by atoms with Crippen LogP contribution in [0.5, 0.6) is 5.75 Å². The molecule has 0 aliphatic rings. The zero-order valence-corrected chi connectivity index (χ0v) is 6.30. The molecule has 0 atom stereocenters. The Kier molecular flexibility index (Phi) is 2.45. The van der Waals surface area contributed by atoms with E-state index in [-0.39, 0.29) is 0 Å². The van der Waals surface area contributed by atoms with Gasteiger partial charge in [-0.05, 0) is 0 Å². The van der Waals surface area contributed by atoms with Crippen molar-refractivity contribution in [2.45, 2.75) is 5.88 Å². The quantitative estimate of drug-likeness (QED) is 0.608. The molecule has 0 saturated heterocycles. The number of halogens is 1. The first-order valence-electron chi connectivity index (χ1n) is 2.77. The summed E-state index contributed by atoms with van der Waals surface area (Å²) >= 11 is 5.46. The van der Waals surface area contributed by atoms with Gasteiger partial charge in [0.05, 0.1) is 25.4 Å². The maximum absolute atomic E-state index is 5.46. The van der Waals surface area contributed by atoms with Crippen molar-refractivity contribution in [1.29, 1.82) is 0 Å². The summed E-state index contributed by atoms with van der Waals surface area (Å²) < 4.78 is 4.85. The normalized spacial score (nSPS) is 9.40. The molecule has 1 aromatic rings. The average Bonchev–Trinajstić information content (AvgIpc) is 2.05. The second-order valence-corrected chi connectivity index (χ2v) is 1.94. The number of hydrogen-bond acceptors (Lipinski definition) is 3. The van der Waals surface area contributed by atoms with Gasteiger partial charge < -0.3 is 4.74 Å². The number of nitrogens with zero attached hydrogens (tertiary/aromatic N) is 2. The molecule has 0 unspecified atom stereocenters. The van der Waals surface area contributed by atoms with E-state index >= 15 is 0 Å². The number of aromatic nitrogens is 2. The molecule has 0 aliphatic carbocycles. The highest BCUT2D eigenvalue weighted by molar-refractivity contribution is 6.16. The average molecular weight is 159 g/mol. The summed E-state index contributed by atoms with van der Waals surface area (Å²) in [6.45, 7) is 0. The van der Waals surface area contributed by atoms with Gasteiger partial charge in [0.25, 0.3) is 0 Å². The fraction of sp³-hybridized carbons (Fsp3) is 0.333. The molecule has 0 bridgehead atoms. The first-order chi connectivity index (χ1) is 4.86. The predicted octanol–water partition coefficient (Wildman–Crippen LogP) is 1.22. The summed E-state index contributed by atoms with van der Waals surface area (Å²) in [6, 6.07) is 0. The Morgan fingerprint density at radius 1 is 1.50 bits per heavy atom. The van der Waals surface area contributed by atoms with E-state index in [1.807, 2.05) is 0 Å². The Bertz CT molecular complexity index is 176. The van der Waals surface area contributed by atoms with Gasteiger partial charge in [0.2, 0.25) is 0 Å². The maximum atomic E-state index is 5.46. The molecule has 0 amide bonds. The van der Waals surface area contributed by atoms with Crippen molar-refractivity contribution in [2.75, 3.05) is 7.11 Å². The molecular weight excluding hydrogens is 152 g/mol. The maximum Gasteiger partial charge on any atom is 0.155 e. The van der Waals surface area contributed by atoms with E-state index in [0.717, 1.165) is 0 Å². The fourth-order valence-corrected chi connectivity index (χ4v) is 0.655. The van der Waals surface area contributed by atoms with Gasteiger partial charge in [-0.2, -0.15) is 0 Å². The monoisotopic (exact) mass is 158 g/mol. The van der Waals surface area contributed by atoms with Crippen LogP contribution in [0, 0.1) is 0 Å². The summed E-state index contributed by atoms with van der Waals surface area (Å²) in [5.74, 6) is 1.60. The minimum Gasteiger partial charge on any atom is -0.494 e. The second kappa shape index (κ2) is 3.37. The van der Waals surface area contributed by atoms with Crippen molar-refractivity contribution >= 4 is 11.6 Å². The van der Waals surface area contributed by atoms with Crippen LogP contribution in [-0.4, -0.2) is 17.1 Å². The molecule has 0 saturated carbocycles. The Balaban J connectivity index is 2.80. The van der Waals surface area contributed by atoms with Crippen LogP contribution in [0.2, 0.25) is 0 Å². The minimum atomic E-state index is 0.337. The highest BCUT2D eigenvalue weighted by Crippen LogP contribution is 2.05. The Hall–Kier alpha value is -0.830. The highest BCUT2D eigenvalue weighted by Gasteiger charge is 1.93. The lowest BCUT2D eigenvalue weighted by Crippen LogP contribution is -1.91. The lowest BCUT2D eigenvalue weighted by atomic mass is 10.6. The van der Waals surface area contributed by atoms with Crippen molar-refractivity contribution in [3.05, 3.63) is 18.2 Å². The van der Waals surface area contributed by atoms with E-state index in [1.54, 1.807) is 19.5 Å². The molecule has 3 nitrogen and oxygen atoms in total. The van der Waals surface area contributed by atoms with Crippen LogP contribution in [0.15, 0.2) is 12.4 Å². The summed E-state index contributed by atoms with van der Waals surface area (Å²) in [6.07, 6.45) is 3.18. The summed E-state index contributed by atoms with van der Waals surface area (Å²) in [4.78, 5) is 7.80. The van der Waals surface area contributed by atoms with Gasteiger partial charge in [0, 0.05) is 0 Å². The molecule has 10 heavy (non-hydrogen) atoms. The standard InChI is InChI=1S/C6H7ClN2O/c1-10-5-3-8-6(2-7)9-4-5/h3-4H,2H2,1H3. The second-order valence-electron chi connectivity index (χ2n) is 1.67. The van der Waals surface area contributed by atoms with E-state index in [0.29, 0.717) is 17.5 Å². The lowest BCUT2D eigenvalue weighted by molar-refractivity contribution is 0.410. The largest absolute Gasteiger partial charge is 0.494 e. The SMILES string of the molecule is COc1cnc(CCl)nc1. The summed E-state index contributed by atoms with van der Waals surface area (Å²) in [7, 11) is 1.57. The molecule has 1 heterocycles. The number of alkyl halides is 1. The molecular formula is C6H7ClN2O. The number of rotatable bonds is 2. The highest BCUT2D eigenvalue weighted by atomic mass is 35.5. The summed E-state index contributed by atoms with van der Waals surface area (Å²) in [5.41, 5.74) is 0. The molecule has 0 N–H and O–H groups in total. The Morgan fingerprint density at radius 2 is 2.10 bits per heavy atom. The number of hydrogen-bond donors (Lipinski definition) is 0. The van der Waals surface area contributed by atoms with E-state index < -0.39 is 0 Å². The number of methoxy groups -OCH3 is 1. The van der Waals surface area contributed by atoms with Gasteiger partial charge in [-0.1, -0.05) is 0 Å². The molecule has 54 valence electrons. The lowest BCUT2D eigenvalue weighted by Gasteiger charge is -1.96. The van der Waals surface area contributed by atoms with Crippen LogP contribution in [0.3, 0.4) is 0 Å². The molecule has 0 fully saturated rings. The minimum absolute atomic E-state index is 0.337. The topological polar surface area (TPSA) is 35.0 Å². The van der Waals surface area contributed by atoms with Crippen LogP contribution in [-0.2, 0) is 5.88 Å². The Morgan fingerprint density at radius 3 is 2.50 bits per heavy atom. The summed E-state index contributed by atoms with van der Waals surface area (Å²) in [5, 5.41) is 0. The zero-order valence-electron chi connectivity index (χ0n) is 5.54. The molecule has 1 aromatic heterocycles. The fourth-order valence-electron chi connectivity index (χ4n) is 0.517.